The summed E-state index contributed by atoms with van der Waals surface area (Å²) in [7, 11) is 2.87. The van der Waals surface area contributed by atoms with Crippen LogP contribution in [0.2, 0.25) is 0 Å². The maximum atomic E-state index is 13.0. The fourth-order valence-electron chi connectivity index (χ4n) is 3.15. The van der Waals surface area contributed by atoms with Gasteiger partial charge in [0.05, 0.1) is 19.3 Å². The highest BCUT2D eigenvalue weighted by atomic mass is 16.6. The van der Waals surface area contributed by atoms with Gasteiger partial charge >= 0.3 is 12.1 Å². The van der Waals surface area contributed by atoms with Gasteiger partial charge in [0.25, 0.3) is 5.91 Å². The number of esters is 1. The van der Waals surface area contributed by atoms with E-state index in [1.54, 1.807) is 23.6 Å². The number of rotatable bonds is 5. The van der Waals surface area contributed by atoms with E-state index in [1.165, 1.54) is 14.2 Å². The summed E-state index contributed by atoms with van der Waals surface area (Å²) < 4.78 is 14.8. The molecule has 1 saturated heterocycles. The molecule has 2 rings (SSSR count). The molecule has 0 radical (unpaired) electrons. The smallest absolute Gasteiger partial charge is 0.409 e. The van der Waals surface area contributed by atoms with Crippen molar-refractivity contribution in [1.29, 1.82) is 0 Å². The van der Waals surface area contributed by atoms with Gasteiger partial charge in [0.2, 0.25) is 0 Å². The molecule has 0 aromatic carbocycles. The third-order valence-corrected chi connectivity index (χ3v) is 4.59. The molecule has 0 spiro atoms. The average Bonchev–Trinajstić information content (AvgIpc) is 2.82. The number of aryl methyl sites for hydroxylation is 1. The predicted molar refractivity (Wildman–Crippen MR) is 96.9 cm³/mol. The van der Waals surface area contributed by atoms with Crippen LogP contribution in [0.1, 0.15) is 38.5 Å². The molecule has 9 nitrogen and oxygen atoms in total. The topological polar surface area (TPSA) is 101 Å². The molecule has 0 aliphatic carbocycles. The fraction of sp³-hybridized carbons (Fsp3) is 0.611. The lowest BCUT2D eigenvalue weighted by molar-refractivity contribution is 0.0386. The van der Waals surface area contributed by atoms with E-state index in [2.05, 4.69) is 4.98 Å². The number of carbonyl (C=O) groups excluding carboxylic acids is 3. The monoisotopic (exact) mass is 381 g/mol. The van der Waals surface area contributed by atoms with Crippen molar-refractivity contribution in [3.05, 3.63) is 22.5 Å². The van der Waals surface area contributed by atoms with Gasteiger partial charge in [-0.05, 0) is 25.8 Å². The van der Waals surface area contributed by atoms with Gasteiger partial charge in [-0.1, -0.05) is 0 Å². The second-order valence-electron chi connectivity index (χ2n) is 6.36. The van der Waals surface area contributed by atoms with Crippen LogP contribution in [0.3, 0.4) is 0 Å². The van der Waals surface area contributed by atoms with E-state index in [4.69, 9.17) is 14.2 Å². The van der Waals surface area contributed by atoms with Crippen LogP contribution in [0.25, 0.3) is 0 Å². The van der Waals surface area contributed by atoms with Gasteiger partial charge < -0.3 is 29.0 Å². The zero-order chi connectivity index (χ0) is 20.0. The Morgan fingerprint density at radius 1 is 1.00 bits per heavy atom. The molecule has 1 N–H and O–H groups in total. The van der Waals surface area contributed by atoms with Gasteiger partial charge in [0, 0.05) is 39.0 Å². The quantitative estimate of drug-likeness (QED) is 0.610. The van der Waals surface area contributed by atoms with Gasteiger partial charge in [-0.3, -0.25) is 4.79 Å². The van der Waals surface area contributed by atoms with E-state index < -0.39 is 12.1 Å². The fourth-order valence-corrected chi connectivity index (χ4v) is 3.15. The molecule has 0 atom stereocenters. The van der Waals surface area contributed by atoms with Crippen LogP contribution < -0.4 is 0 Å². The van der Waals surface area contributed by atoms with Crippen LogP contribution in [-0.2, 0) is 14.2 Å². The first-order chi connectivity index (χ1) is 12.9. The molecule has 1 aromatic rings. The zero-order valence-electron chi connectivity index (χ0n) is 16.3. The number of nitrogens with zero attached hydrogens (tertiary/aromatic N) is 2. The number of nitrogens with one attached hydrogen (secondary N) is 1. The first-order valence-electron chi connectivity index (χ1n) is 8.88. The summed E-state index contributed by atoms with van der Waals surface area (Å²) in [5, 5.41) is 0. The lowest BCUT2D eigenvalue weighted by atomic mass is 10.1. The Morgan fingerprint density at radius 3 is 2.33 bits per heavy atom. The Bertz CT molecular complexity index is 700. The Morgan fingerprint density at radius 2 is 1.67 bits per heavy atom. The summed E-state index contributed by atoms with van der Waals surface area (Å²) in [5.41, 5.74) is 1.90. The largest absolute Gasteiger partial charge is 0.460 e. The highest BCUT2D eigenvalue weighted by molar-refractivity contribution is 6.00. The van der Waals surface area contributed by atoms with Crippen LogP contribution in [-0.4, -0.2) is 86.4 Å². The molecule has 0 saturated carbocycles. The Kier molecular flexibility index (Phi) is 7.23. The molecule has 2 amide bonds. The van der Waals surface area contributed by atoms with Crippen molar-refractivity contribution in [3.8, 4) is 0 Å². The van der Waals surface area contributed by atoms with Gasteiger partial charge in [-0.2, -0.15) is 0 Å². The molecule has 1 fully saturated rings. The van der Waals surface area contributed by atoms with E-state index in [0.29, 0.717) is 61.7 Å². The van der Waals surface area contributed by atoms with Crippen molar-refractivity contribution in [3.63, 3.8) is 0 Å². The number of carbonyl (C=O) groups is 3. The van der Waals surface area contributed by atoms with E-state index in [-0.39, 0.29) is 12.5 Å². The molecular formula is C18H27N3O6. The first-order valence-corrected chi connectivity index (χ1v) is 8.88. The molecular weight excluding hydrogens is 354 g/mol. The molecule has 150 valence electrons. The minimum Gasteiger partial charge on any atom is -0.460 e. The van der Waals surface area contributed by atoms with E-state index in [1.807, 2.05) is 0 Å². The van der Waals surface area contributed by atoms with Gasteiger partial charge in [-0.15, -0.1) is 0 Å². The highest BCUT2D eigenvalue weighted by Crippen LogP contribution is 2.21. The van der Waals surface area contributed by atoms with Crippen LogP contribution in [0.15, 0.2) is 0 Å². The second-order valence-corrected chi connectivity index (χ2v) is 6.36. The summed E-state index contributed by atoms with van der Waals surface area (Å²) in [5.74, 6) is -0.677. The zero-order valence-corrected chi connectivity index (χ0v) is 16.3. The SMILES string of the molecule is COCCOC(=O)c1c(C)[nH]c(C(=O)N2CCCN(C(=O)OC)CC2)c1C. The number of hydrogen-bond donors (Lipinski definition) is 1. The Balaban J connectivity index is 2.11. The lowest BCUT2D eigenvalue weighted by Gasteiger charge is -2.21. The number of amides is 2. The number of hydrogen-bond acceptors (Lipinski definition) is 6. The van der Waals surface area contributed by atoms with Crippen molar-refractivity contribution in [2.45, 2.75) is 20.3 Å². The van der Waals surface area contributed by atoms with Crippen LogP contribution in [0.4, 0.5) is 4.79 Å². The molecule has 1 aliphatic rings. The Labute approximate surface area is 158 Å². The number of aromatic amines is 1. The predicted octanol–water partition coefficient (Wildman–Crippen LogP) is 1.35. The first kappa shape index (κ1) is 20.8. The van der Waals surface area contributed by atoms with E-state index in [9.17, 15) is 14.4 Å². The van der Waals surface area contributed by atoms with Crippen molar-refractivity contribution < 1.29 is 28.6 Å². The summed E-state index contributed by atoms with van der Waals surface area (Å²) >= 11 is 0. The maximum absolute atomic E-state index is 13.0. The minimum atomic E-state index is -0.481. The van der Waals surface area contributed by atoms with Crippen LogP contribution in [0, 0.1) is 13.8 Å². The number of ether oxygens (including phenoxy) is 3. The van der Waals surface area contributed by atoms with Crippen LogP contribution >= 0.6 is 0 Å². The van der Waals surface area contributed by atoms with Gasteiger partial charge in [-0.25, -0.2) is 9.59 Å². The molecule has 1 aromatic heterocycles. The molecule has 27 heavy (non-hydrogen) atoms. The number of methoxy groups -OCH3 is 2. The summed E-state index contributed by atoms with van der Waals surface area (Å²) in [6.45, 7) is 5.79. The molecule has 1 aliphatic heterocycles. The maximum Gasteiger partial charge on any atom is 0.409 e. The molecule has 0 unspecified atom stereocenters. The number of aromatic nitrogens is 1. The second kappa shape index (κ2) is 9.40. The highest BCUT2D eigenvalue weighted by Gasteiger charge is 2.28. The minimum absolute atomic E-state index is 0.151. The molecule has 2 heterocycles. The third-order valence-electron chi connectivity index (χ3n) is 4.59. The van der Waals surface area contributed by atoms with Crippen molar-refractivity contribution in [2.24, 2.45) is 0 Å². The van der Waals surface area contributed by atoms with Crippen molar-refractivity contribution in [1.82, 2.24) is 14.8 Å². The molecule has 0 bridgehead atoms. The van der Waals surface area contributed by atoms with Crippen LogP contribution in [0.5, 0.6) is 0 Å². The normalized spacial score (nSPS) is 14.7. The molecule has 9 heteroatoms. The summed E-state index contributed by atoms with van der Waals surface area (Å²) in [6, 6.07) is 0. The third kappa shape index (κ3) is 4.79. The van der Waals surface area contributed by atoms with E-state index >= 15 is 0 Å². The Hall–Kier alpha value is -2.55. The standard InChI is InChI=1S/C18H27N3O6/c1-12-14(17(23)27-11-10-25-3)13(2)19-15(12)16(22)20-6-5-7-21(9-8-20)18(24)26-4/h19H,5-11H2,1-4H3. The summed E-state index contributed by atoms with van der Waals surface area (Å²) in [4.78, 5) is 43.2. The average molecular weight is 381 g/mol. The van der Waals surface area contributed by atoms with Crippen molar-refractivity contribution in [2.75, 3.05) is 53.6 Å². The summed E-state index contributed by atoms with van der Waals surface area (Å²) in [6.07, 6.45) is 0.267. The van der Waals surface area contributed by atoms with E-state index in [0.717, 1.165) is 0 Å². The van der Waals surface area contributed by atoms with Crippen molar-refractivity contribution >= 4 is 18.0 Å². The van der Waals surface area contributed by atoms with Gasteiger partial charge in [0.1, 0.15) is 12.3 Å². The van der Waals surface area contributed by atoms with Gasteiger partial charge in [0.15, 0.2) is 0 Å². The number of H-pyrrole nitrogens is 1. The lowest BCUT2D eigenvalue weighted by Crippen LogP contribution is -2.37.